The lowest BCUT2D eigenvalue weighted by atomic mass is 10.3. The van der Waals surface area contributed by atoms with Gasteiger partial charge in [-0.2, -0.15) is 0 Å². The second-order valence-corrected chi connectivity index (χ2v) is 8.25. The highest BCUT2D eigenvalue weighted by Crippen LogP contribution is 2.17. The number of rotatable bonds is 9. The summed E-state index contributed by atoms with van der Waals surface area (Å²) in [6, 6.07) is 8.23. The van der Waals surface area contributed by atoms with Crippen LogP contribution in [0.1, 0.15) is 12.7 Å². The second-order valence-electron chi connectivity index (χ2n) is 6.49. The van der Waals surface area contributed by atoms with Crippen LogP contribution in [0.25, 0.3) is 0 Å². The van der Waals surface area contributed by atoms with Crippen molar-refractivity contribution in [3.05, 3.63) is 36.2 Å². The van der Waals surface area contributed by atoms with Crippen molar-refractivity contribution in [3.8, 4) is 5.75 Å². The minimum Gasteiger partial charge on any atom is -0.494 e. The zero-order valence-electron chi connectivity index (χ0n) is 16.7. The summed E-state index contributed by atoms with van der Waals surface area (Å²) in [5, 5.41) is 3.16. The molecule has 0 unspecified atom stereocenters. The molecule has 1 aliphatic rings. The number of benzene rings is 1. The first kappa shape index (κ1) is 21.3. The zero-order valence-corrected chi connectivity index (χ0v) is 17.5. The van der Waals surface area contributed by atoms with Crippen LogP contribution in [0.15, 0.2) is 35.2 Å². The number of ether oxygens (including phenoxy) is 2. The highest BCUT2D eigenvalue weighted by Gasteiger charge is 2.15. The predicted octanol–water partition coefficient (Wildman–Crippen LogP) is 1.41. The minimum atomic E-state index is -3.58. The van der Waals surface area contributed by atoms with Gasteiger partial charge in [-0.05, 0) is 38.1 Å². The van der Waals surface area contributed by atoms with Gasteiger partial charge in [0.25, 0.3) is 0 Å². The topological polar surface area (TPSA) is 106 Å². The zero-order chi connectivity index (χ0) is 20.7. The molecule has 1 fully saturated rings. The molecule has 0 atom stereocenters. The summed E-state index contributed by atoms with van der Waals surface area (Å²) in [5.41, 5.74) is 0. The molecule has 1 aromatic carbocycles. The van der Waals surface area contributed by atoms with Gasteiger partial charge in [0.2, 0.25) is 10.0 Å². The van der Waals surface area contributed by atoms with Gasteiger partial charge in [0, 0.05) is 32.2 Å². The maximum atomic E-state index is 12.4. The van der Waals surface area contributed by atoms with Crippen molar-refractivity contribution < 1.29 is 17.9 Å². The van der Waals surface area contributed by atoms with Gasteiger partial charge in [-0.25, -0.2) is 23.1 Å². The van der Waals surface area contributed by atoms with E-state index in [1.54, 1.807) is 12.1 Å². The Hall–Kier alpha value is -2.43. The summed E-state index contributed by atoms with van der Waals surface area (Å²) in [7, 11) is -3.58. The molecule has 9 nitrogen and oxygen atoms in total. The van der Waals surface area contributed by atoms with Crippen LogP contribution in [0, 0.1) is 6.92 Å². The summed E-state index contributed by atoms with van der Waals surface area (Å²) in [4.78, 5) is 11.2. The van der Waals surface area contributed by atoms with E-state index in [0.717, 1.165) is 18.9 Å². The molecule has 0 saturated carbocycles. The number of hydrogen-bond acceptors (Lipinski definition) is 8. The summed E-state index contributed by atoms with van der Waals surface area (Å²) in [6.07, 6.45) is 0. The van der Waals surface area contributed by atoms with E-state index in [1.165, 1.54) is 12.1 Å². The number of nitrogens with one attached hydrogen (secondary N) is 2. The lowest BCUT2D eigenvalue weighted by Crippen LogP contribution is -2.37. The molecule has 2 N–H and O–H groups in total. The molecule has 0 amide bonds. The fraction of sp³-hybridized carbons (Fsp3) is 0.474. The smallest absolute Gasteiger partial charge is 0.240 e. The number of aromatic nitrogens is 2. The van der Waals surface area contributed by atoms with Crippen molar-refractivity contribution in [1.29, 1.82) is 0 Å². The van der Waals surface area contributed by atoms with E-state index in [9.17, 15) is 8.42 Å². The van der Waals surface area contributed by atoms with Crippen molar-refractivity contribution in [1.82, 2.24) is 14.7 Å². The van der Waals surface area contributed by atoms with Gasteiger partial charge in [-0.15, -0.1) is 0 Å². The molecule has 0 spiro atoms. The third kappa shape index (κ3) is 6.02. The maximum Gasteiger partial charge on any atom is 0.240 e. The lowest BCUT2D eigenvalue weighted by Gasteiger charge is -2.28. The quantitative estimate of drug-likeness (QED) is 0.586. The van der Waals surface area contributed by atoms with Crippen LogP contribution in [-0.4, -0.2) is 64.4 Å². The van der Waals surface area contributed by atoms with Crippen molar-refractivity contribution in [2.24, 2.45) is 0 Å². The van der Waals surface area contributed by atoms with Crippen molar-refractivity contribution >= 4 is 21.7 Å². The molecule has 158 valence electrons. The summed E-state index contributed by atoms with van der Waals surface area (Å²) >= 11 is 0. The van der Waals surface area contributed by atoms with E-state index in [2.05, 4.69) is 24.9 Å². The monoisotopic (exact) mass is 421 g/mol. The summed E-state index contributed by atoms with van der Waals surface area (Å²) in [6.45, 7) is 7.81. The largest absolute Gasteiger partial charge is 0.494 e. The van der Waals surface area contributed by atoms with Crippen LogP contribution in [0.4, 0.5) is 11.6 Å². The van der Waals surface area contributed by atoms with Crippen LogP contribution in [0.2, 0.25) is 0 Å². The molecule has 2 heterocycles. The number of sulfonamides is 1. The molecule has 3 rings (SSSR count). The van der Waals surface area contributed by atoms with E-state index >= 15 is 0 Å². The Morgan fingerprint density at radius 2 is 1.86 bits per heavy atom. The van der Waals surface area contributed by atoms with Gasteiger partial charge in [0.05, 0.1) is 24.7 Å². The Morgan fingerprint density at radius 1 is 1.14 bits per heavy atom. The van der Waals surface area contributed by atoms with E-state index in [4.69, 9.17) is 9.47 Å². The van der Waals surface area contributed by atoms with Gasteiger partial charge in [-0.3, -0.25) is 0 Å². The molecule has 1 saturated heterocycles. The van der Waals surface area contributed by atoms with Gasteiger partial charge in [-0.1, -0.05) is 0 Å². The highest BCUT2D eigenvalue weighted by atomic mass is 32.2. The van der Waals surface area contributed by atoms with Crippen molar-refractivity contribution in [2.45, 2.75) is 18.7 Å². The second kappa shape index (κ2) is 9.86. The maximum absolute atomic E-state index is 12.4. The molecule has 29 heavy (non-hydrogen) atoms. The fourth-order valence-corrected chi connectivity index (χ4v) is 3.97. The molecule has 2 aromatic rings. The molecule has 1 aliphatic heterocycles. The first-order valence-electron chi connectivity index (χ1n) is 9.63. The van der Waals surface area contributed by atoms with E-state index in [0.29, 0.717) is 43.8 Å². The fourth-order valence-electron chi connectivity index (χ4n) is 2.94. The minimum absolute atomic E-state index is 0.202. The standard InChI is InChI=1S/C19H27N5O4S/c1-3-28-16-4-6-17(7-5-16)29(25,26)21-9-8-20-18-14-19(23-15(2)22-18)24-10-12-27-13-11-24/h4-7,14,21H,3,8-13H2,1-2H3,(H,20,22,23). The molecule has 0 aliphatic carbocycles. The summed E-state index contributed by atoms with van der Waals surface area (Å²) in [5.74, 6) is 2.81. The third-order valence-electron chi connectivity index (χ3n) is 4.33. The Labute approximate surface area is 171 Å². The van der Waals surface area contributed by atoms with Gasteiger partial charge < -0.3 is 19.7 Å². The third-order valence-corrected chi connectivity index (χ3v) is 5.80. The average molecular weight is 422 g/mol. The first-order valence-corrected chi connectivity index (χ1v) is 11.1. The van der Waals surface area contributed by atoms with Crippen LogP contribution in [0.3, 0.4) is 0 Å². The first-order chi connectivity index (χ1) is 14.0. The molecular weight excluding hydrogens is 394 g/mol. The lowest BCUT2D eigenvalue weighted by molar-refractivity contribution is 0.122. The molecular formula is C19H27N5O4S. The van der Waals surface area contributed by atoms with E-state index < -0.39 is 10.0 Å². The Morgan fingerprint density at radius 3 is 2.55 bits per heavy atom. The van der Waals surface area contributed by atoms with Gasteiger partial charge >= 0.3 is 0 Å². The van der Waals surface area contributed by atoms with Crippen LogP contribution < -0.4 is 19.7 Å². The summed E-state index contributed by atoms with van der Waals surface area (Å²) < 4.78 is 38.1. The number of morpholine rings is 1. The Bertz CT molecular complexity index is 899. The number of nitrogens with zero attached hydrogens (tertiary/aromatic N) is 3. The number of hydrogen-bond donors (Lipinski definition) is 2. The molecule has 0 radical (unpaired) electrons. The van der Waals surface area contributed by atoms with Crippen LogP contribution in [-0.2, 0) is 14.8 Å². The van der Waals surface area contributed by atoms with Crippen LogP contribution in [0.5, 0.6) is 5.75 Å². The average Bonchev–Trinajstić information content (AvgIpc) is 2.72. The Kier molecular flexibility index (Phi) is 7.24. The van der Waals surface area contributed by atoms with Crippen molar-refractivity contribution in [2.75, 3.05) is 56.2 Å². The highest BCUT2D eigenvalue weighted by molar-refractivity contribution is 7.89. The van der Waals surface area contributed by atoms with E-state index in [-0.39, 0.29) is 11.4 Å². The molecule has 0 bridgehead atoms. The SMILES string of the molecule is CCOc1ccc(S(=O)(=O)NCCNc2cc(N3CCOCC3)nc(C)n2)cc1. The van der Waals surface area contributed by atoms with Crippen molar-refractivity contribution in [3.63, 3.8) is 0 Å². The Balaban J connectivity index is 1.53. The molecule has 1 aromatic heterocycles. The number of aryl methyl sites for hydroxylation is 1. The van der Waals surface area contributed by atoms with Gasteiger partial charge in [0.1, 0.15) is 23.2 Å². The van der Waals surface area contributed by atoms with Gasteiger partial charge in [0.15, 0.2) is 0 Å². The molecule has 10 heteroatoms. The normalized spacial score (nSPS) is 14.6. The number of anilines is 2. The predicted molar refractivity (Wildman–Crippen MR) is 111 cm³/mol. The van der Waals surface area contributed by atoms with Crippen LogP contribution >= 0.6 is 0 Å². The van der Waals surface area contributed by atoms with E-state index in [1.807, 2.05) is 19.9 Å².